The highest BCUT2D eigenvalue weighted by molar-refractivity contribution is 5.33. The van der Waals surface area contributed by atoms with Crippen molar-refractivity contribution in [1.82, 2.24) is 0 Å². The fraction of sp³-hybridized carbons (Fsp3) is 0.647. The van der Waals surface area contributed by atoms with Gasteiger partial charge in [0.15, 0.2) is 0 Å². The zero-order chi connectivity index (χ0) is 13.8. The molecule has 0 fully saturated rings. The monoisotopic (exact) mass is 248 g/mol. The zero-order valence-electron chi connectivity index (χ0n) is 12.8. The zero-order valence-corrected chi connectivity index (χ0v) is 12.8. The Morgan fingerprint density at radius 3 is 2.28 bits per heavy atom. The lowest BCUT2D eigenvalue weighted by Crippen LogP contribution is -2.20. The molecule has 0 aliphatic heterocycles. The average Bonchev–Trinajstić information content (AvgIpc) is 2.28. The Kier molecular flexibility index (Phi) is 5.25. The smallest absolute Gasteiger partial charge is 0.122 e. The molecule has 18 heavy (non-hydrogen) atoms. The summed E-state index contributed by atoms with van der Waals surface area (Å²) in [4.78, 5) is 0. The molecule has 0 saturated heterocycles. The molecule has 2 atom stereocenters. The van der Waals surface area contributed by atoms with E-state index in [4.69, 9.17) is 4.74 Å². The molecule has 0 bridgehead atoms. The van der Waals surface area contributed by atoms with E-state index in [2.05, 4.69) is 52.8 Å². The minimum atomic E-state index is 0.398. The first-order chi connectivity index (χ1) is 8.34. The topological polar surface area (TPSA) is 9.23 Å². The van der Waals surface area contributed by atoms with Crippen molar-refractivity contribution < 1.29 is 4.74 Å². The van der Waals surface area contributed by atoms with Crippen LogP contribution in [0, 0.1) is 17.3 Å². The summed E-state index contributed by atoms with van der Waals surface area (Å²) in [5.74, 6) is 2.45. The van der Waals surface area contributed by atoms with Crippen molar-refractivity contribution in [3.63, 3.8) is 0 Å². The average molecular weight is 248 g/mol. The third-order valence-electron chi connectivity index (χ3n) is 4.00. The lowest BCUT2D eigenvalue weighted by Gasteiger charge is -2.29. The first-order valence-electron chi connectivity index (χ1n) is 6.96. The Labute approximate surface area is 113 Å². The third-order valence-corrected chi connectivity index (χ3v) is 4.00. The molecule has 1 nitrogen and oxygen atoms in total. The van der Waals surface area contributed by atoms with E-state index in [1.54, 1.807) is 7.11 Å². The molecule has 0 N–H and O–H groups in total. The van der Waals surface area contributed by atoms with Crippen molar-refractivity contribution >= 4 is 0 Å². The number of hydrogen-bond acceptors (Lipinski definition) is 1. The lowest BCUT2D eigenvalue weighted by atomic mass is 9.76. The van der Waals surface area contributed by atoms with Crippen molar-refractivity contribution in [3.05, 3.63) is 29.8 Å². The first-order valence-corrected chi connectivity index (χ1v) is 6.96. The molecule has 2 unspecified atom stereocenters. The minimum absolute atomic E-state index is 0.398. The molecule has 1 aromatic rings. The SMILES string of the molecule is COc1ccccc1CC(C)CC(C)C(C)(C)C. The van der Waals surface area contributed by atoms with Crippen LogP contribution in [0.25, 0.3) is 0 Å². The lowest BCUT2D eigenvalue weighted by molar-refractivity contribution is 0.218. The Morgan fingerprint density at radius 2 is 1.72 bits per heavy atom. The van der Waals surface area contributed by atoms with Crippen molar-refractivity contribution in [2.75, 3.05) is 7.11 Å². The standard InChI is InChI=1S/C17H28O/c1-13(11-14(2)17(3,4)5)12-15-9-7-8-10-16(15)18-6/h7-10,13-14H,11-12H2,1-6H3. The van der Waals surface area contributed by atoms with Crippen LogP contribution in [0.3, 0.4) is 0 Å². The molecule has 1 heteroatoms. The van der Waals surface area contributed by atoms with Gasteiger partial charge in [-0.15, -0.1) is 0 Å². The van der Waals surface area contributed by atoms with Crippen LogP contribution in [0.15, 0.2) is 24.3 Å². The van der Waals surface area contributed by atoms with Crippen molar-refractivity contribution in [3.8, 4) is 5.75 Å². The molecule has 1 rings (SSSR count). The first kappa shape index (κ1) is 15.1. The summed E-state index contributed by atoms with van der Waals surface area (Å²) < 4.78 is 5.42. The van der Waals surface area contributed by atoms with Crippen LogP contribution < -0.4 is 4.74 Å². The van der Waals surface area contributed by atoms with E-state index in [1.165, 1.54) is 12.0 Å². The van der Waals surface area contributed by atoms with Gasteiger partial charge in [0.05, 0.1) is 7.11 Å². The van der Waals surface area contributed by atoms with E-state index in [9.17, 15) is 0 Å². The highest BCUT2D eigenvalue weighted by Crippen LogP contribution is 2.32. The molecule has 0 radical (unpaired) electrons. The quantitative estimate of drug-likeness (QED) is 0.716. The normalized spacial score (nSPS) is 15.2. The van der Waals surface area contributed by atoms with Gasteiger partial charge in [0.1, 0.15) is 5.75 Å². The molecular weight excluding hydrogens is 220 g/mol. The van der Waals surface area contributed by atoms with Crippen molar-refractivity contribution in [1.29, 1.82) is 0 Å². The second kappa shape index (κ2) is 6.26. The number of ether oxygens (including phenoxy) is 1. The minimum Gasteiger partial charge on any atom is -0.496 e. The van der Waals surface area contributed by atoms with Gasteiger partial charge < -0.3 is 4.74 Å². The van der Waals surface area contributed by atoms with Crippen LogP contribution in [0.5, 0.6) is 5.75 Å². The van der Waals surface area contributed by atoms with Gasteiger partial charge in [0.2, 0.25) is 0 Å². The van der Waals surface area contributed by atoms with Crippen molar-refractivity contribution in [2.24, 2.45) is 17.3 Å². The second-order valence-corrected chi connectivity index (χ2v) is 6.62. The molecule has 0 aromatic heterocycles. The number of rotatable bonds is 5. The summed E-state index contributed by atoms with van der Waals surface area (Å²) in [7, 11) is 1.75. The molecule has 1 aromatic carbocycles. The Morgan fingerprint density at radius 1 is 1.11 bits per heavy atom. The van der Waals surface area contributed by atoms with E-state index < -0.39 is 0 Å². The Bertz CT molecular complexity index is 362. The fourth-order valence-electron chi connectivity index (χ4n) is 2.29. The molecular formula is C17H28O. The maximum absolute atomic E-state index is 5.42. The van der Waals surface area contributed by atoms with Crippen LogP contribution >= 0.6 is 0 Å². The van der Waals surface area contributed by atoms with Gasteiger partial charge in [-0.1, -0.05) is 52.8 Å². The van der Waals surface area contributed by atoms with E-state index in [0.29, 0.717) is 11.3 Å². The van der Waals surface area contributed by atoms with E-state index in [0.717, 1.165) is 18.1 Å². The van der Waals surface area contributed by atoms with E-state index in [1.807, 2.05) is 6.07 Å². The highest BCUT2D eigenvalue weighted by atomic mass is 16.5. The Balaban J connectivity index is 2.62. The van der Waals surface area contributed by atoms with Gasteiger partial charge in [-0.2, -0.15) is 0 Å². The summed E-state index contributed by atoms with van der Waals surface area (Å²) in [6.07, 6.45) is 2.37. The van der Waals surface area contributed by atoms with Crippen LogP contribution in [-0.2, 0) is 6.42 Å². The van der Waals surface area contributed by atoms with Crippen LogP contribution in [0.4, 0.5) is 0 Å². The van der Waals surface area contributed by atoms with Gasteiger partial charge >= 0.3 is 0 Å². The highest BCUT2D eigenvalue weighted by Gasteiger charge is 2.22. The molecule has 102 valence electrons. The summed E-state index contributed by atoms with van der Waals surface area (Å²) >= 11 is 0. The van der Waals surface area contributed by atoms with Crippen LogP contribution in [-0.4, -0.2) is 7.11 Å². The van der Waals surface area contributed by atoms with Gasteiger partial charge in [-0.25, -0.2) is 0 Å². The summed E-state index contributed by atoms with van der Waals surface area (Å²) in [5, 5.41) is 0. The van der Waals surface area contributed by atoms with Gasteiger partial charge in [-0.05, 0) is 41.7 Å². The molecule has 0 spiro atoms. The number of hydrogen-bond donors (Lipinski definition) is 0. The third kappa shape index (κ3) is 4.36. The summed E-state index contributed by atoms with van der Waals surface area (Å²) in [6, 6.07) is 8.36. The fourth-order valence-corrected chi connectivity index (χ4v) is 2.29. The maximum Gasteiger partial charge on any atom is 0.122 e. The number of benzene rings is 1. The molecule has 0 aliphatic carbocycles. The van der Waals surface area contributed by atoms with Crippen LogP contribution in [0.2, 0.25) is 0 Å². The molecule has 0 aliphatic rings. The molecule has 0 heterocycles. The summed E-state index contributed by atoms with van der Waals surface area (Å²) in [5.41, 5.74) is 1.73. The maximum atomic E-state index is 5.42. The predicted octanol–water partition coefficient (Wildman–Crippen LogP) is 4.95. The molecule has 0 saturated carbocycles. The summed E-state index contributed by atoms with van der Waals surface area (Å²) in [6.45, 7) is 11.7. The molecule has 0 amide bonds. The van der Waals surface area contributed by atoms with Gasteiger partial charge in [-0.3, -0.25) is 0 Å². The van der Waals surface area contributed by atoms with E-state index >= 15 is 0 Å². The van der Waals surface area contributed by atoms with E-state index in [-0.39, 0.29) is 0 Å². The second-order valence-electron chi connectivity index (χ2n) is 6.62. The van der Waals surface area contributed by atoms with Gasteiger partial charge in [0.25, 0.3) is 0 Å². The van der Waals surface area contributed by atoms with Crippen molar-refractivity contribution in [2.45, 2.75) is 47.5 Å². The van der Waals surface area contributed by atoms with Crippen LogP contribution in [0.1, 0.15) is 46.6 Å². The number of para-hydroxylation sites is 1. The van der Waals surface area contributed by atoms with Gasteiger partial charge in [0, 0.05) is 0 Å². The predicted molar refractivity (Wildman–Crippen MR) is 79.1 cm³/mol. The Hall–Kier alpha value is -0.980. The largest absolute Gasteiger partial charge is 0.496 e. The number of methoxy groups -OCH3 is 1.